The summed E-state index contributed by atoms with van der Waals surface area (Å²) in [5.74, 6) is -0.0202. The minimum atomic E-state index is -4.00. The number of amides is 2. The predicted molar refractivity (Wildman–Crippen MR) is 121 cm³/mol. The van der Waals surface area contributed by atoms with Crippen LogP contribution in [-0.2, 0) is 19.6 Å². The smallest absolute Gasteiger partial charge is 0.265 e. The molecule has 0 aromatic heterocycles. The summed E-state index contributed by atoms with van der Waals surface area (Å²) in [6.45, 7) is 4.90. The van der Waals surface area contributed by atoms with Crippen LogP contribution < -0.4 is 20.1 Å². The molecule has 172 valence electrons. The van der Waals surface area contributed by atoms with Crippen LogP contribution in [-0.4, -0.2) is 51.3 Å². The number of ether oxygens (including phenoxy) is 2. The highest BCUT2D eigenvalue weighted by atomic mass is 32.2. The zero-order valence-corrected chi connectivity index (χ0v) is 19.5. The number of carbonyl (C=O) groups excluding carboxylic acids is 2. The number of nitrogens with zero attached hydrogens (tertiary/aromatic N) is 1. The van der Waals surface area contributed by atoms with Gasteiger partial charge in [0.15, 0.2) is 6.10 Å². The van der Waals surface area contributed by atoms with E-state index in [2.05, 4.69) is 10.6 Å². The maximum absolute atomic E-state index is 13.2. The van der Waals surface area contributed by atoms with Gasteiger partial charge < -0.3 is 20.1 Å². The molecule has 0 unspecified atom stereocenters. The van der Waals surface area contributed by atoms with E-state index in [-0.39, 0.29) is 16.6 Å². The summed E-state index contributed by atoms with van der Waals surface area (Å²) in [6, 6.07) is 8.26. The molecule has 0 radical (unpaired) electrons. The molecule has 0 saturated carbocycles. The van der Waals surface area contributed by atoms with Crippen molar-refractivity contribution >= 4 is 33.2 Å². The number of anilines is 2. The van der Waals surface area contributed by atoms with Gasteiger partial charge in [-0.3, -0.25) is 9.59 Å². The number of benzene rings is 2. The summed E-state index contributed by atoms with van der Waals surface area (Å²) >= 11 is 0. The molecule has 0 bridgehead atoms. The monoisotopic (exact) mass is 461 g/mol. The standard InChI is InChI=1S/C22H27N3O6S/c1-6-17-22(27)24-16-10-14(3)20(11-19(16)31-17)32(28,29)25(4)12-21(26)23-15-9-13(2)7-8-18(15)30-5/h7-11,17H,6,12H2,1-5H3,(H,23,26)(H,24,27)/t17-/m1/s1. The fraction of sp³-hybridized carbons (Fsp3) is 0.364. The van der Waals surface area contributed by atoms with E-state index in [4.69, 9.17) is 9.47 Å². The number of carbonyl (C=O) groups is 2. The van der Waals surface area contributed by atoms with Gasteiger partial charge in [0.05, 0.1) is 29.9 Å². The van der Waals surface area contributed by atoms with E-state index in [9.17, 15) is 18.0 Å². The van der Waals surface area contributed by atoms with Gasteiger partial charge in [-0.25, -0.2) is 8.42 Å². The number of methoxy groups -OCH3 is 1. The van der Waals surface area contributed by atoms with Crippen molar-refractivity contribution in [3.63, 3.8) is 0 Å². The Bertz CT molecular complexity index is 1160. The summed E-state index contributed by atoms with van der Waals surface area (Å²) in [4.78, 5) is 24.6. The van der Waals surface area contributed by atoms with Crippen LogP contribution in [0, 0.1) is 13.8 Å². The van der Waals surface area contributed by atoms with E-state index in [0.29, 0.717) is 29.1 Å². The molecule has 3 rings (SSSR count). The van der Waals surface area contributed by atoms with E-state index in [1.165, 1.54) is 20.2 Å². The third-order valence-electron chi connectivity index (χ3n) is 5.15. The fourth-order valence-corrected chi connectivity index (χ4v) is 4.74. The summed E-state index contributed by atoms with van der Waals surface area (Å²) < 4.78 is 38.3. The normalized spacial score (nSPS) is 15.6. The Kier molecular flexibility index (Phi) is 6.75. The molecule has 2 aromatic rings. The highest BCUT2D eigenvalue weighted by Crippen LogP contribution is 2.35. The molecule has 2 N–H and O–H groups in total. The van der Waals surface area contributed by atoms with Gasteiger partial charge in [-0.15, -0.1) is 0 Å². The number of aryl methyl sites for hydroxylation is 2. The highest BCUT2D eigenvalue weighted by Gasteiger charge is 2.31. The van der Waals surface area contributed by atoms with Crippen LogP contribution in [0.2, 0.25) is 0 Å². The molecule has 0 spiro atoms. The molecule has 2 aromatic carbocycles. The van der Waals surface area contributed by atoms with Crippen molar-refractivity contribution in [3.8, 4) is 11.5 Å². The topological polar surface area (TPSA) is 114 Å². The van der Waals surface area contributed by atoms with Crippen LogP contribution in [0.5, 0.6) is 11.5 Å². The van der Waals surface area contributed by atoms with E-state index in [0.717, 1.165) is 9.87 Å². The lowest BCUT2D eigenvalue weighted by molar-refractivity contribution is -0.123. The lowest BCUT2D eigenvalue weighted by Gasteiger charge is -2.27. The lowest BCUT2D eigenvalue weighted by Crippen LogP contribution is -2.37. The third kappa shape index (κ3) is 4.71. The second kappa shape index (κ2) is 9.17. The molecule has 1 atom stereocenters. The Balaban J connectivity index is 1.81. The van der Waals surface area contributed by atoms with Crippen LogP contribution in [0.3, 0.4) is 0 Å². The van der Waals surface area contributed by atoms with Crippen molar-refractivity contribution in [1.29, 1.82) is 0 Å². The van der Waals surface area contributed by atoms with Crippen molar-refractivity contribution < 1.29 is 27.5 Å². The zero-order valence-electron chi connectivity index (χ0n) is 18.7. The van der Waals surface area contributed by atoms with Crippen LogP contribution in [0.1, 0.15) is 24.5 Å². The molecule has 32 heavy (non-hydrogen) atoms. The highest BCUT2D eigenvalue weighted by molar-refractivity contribution is 7.89. The minimum absolute atomic E-state index is 0.00527. The molecule has 1 heterocycles. The lowest BCUT2D eigenvalue weighted by atomic mass is 10.1. The van der Waals surface area contributed by atoms with Gasteiger partial charge in [-0.2, -0.15) is 4.31 Å². The Hall–Kier alpha value is -3.11. The predicted octanol–water partition coefficient (Wildman–Crippen LogP) is 2.68. The molecule has 10 heteroatoms. The van der Waals surface area contributed by atoms with Crippen LogP contribution in [0.25, 0.3) is 0 Å². The molecule has 2 amide bonds. The first-order valence-corrected chi connectivity index (χ1v) is 11.5. The fourth-order valence-electron chi connectivity index (χ4n) is 3.40. The largest absolute Gasteiger partial charge is 0.495 e. The number of rotatable bonds is 7. The molecular formula is C22H27N3O6S. The summed E-state index contributed by atoms with van der Waals surface area (Å²) in [6.07, 6.45) is -0.238. The first-order valence-electron chi connectivity index (χ1n) is 10.1. The quantitative estimate of drug-likeness (QED) is 0.655. The average Bonchev–Trinajstić information content (AvgIpc) is 2.72. The first-order chi connectivity index (χ1) is 15.1. The number of fused-ring (bicyclic) bond motifs is 1. The van der Waals surface area contributed by atoms with Crippen LogP contribution >= 0.6 is 0 Å². The zero-order chi connectivity index (χ0) is 23.6. The first kappa shape index (κ1) is 23.6. The Labute approximate surface area is 187 Å². The van der Waals surface area contributed by atoms with Crippen molar-refractivity contribution in [2.45, 2.75) is 38.2 Å². The summed E-state index contributed by atoms with van der Waals surface area (Å²) in [5.41, 5.74) is 2.23. The summed E-state index contributed by atoms with van der Waals surface area (Å²) in [5, 5.41) is 5.43. The van der Waals surface area contributed by atoms with Gasteiger partial charge in [0.25, 0.3) is 5.91 Å². The van der Waals surface area contributed by atoms with Crippen LogP contribution in [0.15, 0.2) is 35.2 Å². The van der Waals surface area contributed by atoms with Crippen molar-refractivity contribution in [1.82, 2.24) is 4.31 Å². The van der Waals surface area contributed by atoms with Gasteiger partial charge in [0.1, 0.15) is 11.5 Å². The molecular weight excluding hydrogens is 434 g/mol. The second-order valence-electron chi connectivity index (χ2n) is 7.63. The van der Waals surface area contributed by atoms with E-state index < -0.39 is 28.6 Å². The molecule has 0 aliphatic carbocycles. The van der Waals surface area contributed by atoms with E-state index >= 15 is 0 Å². The van der Waals surface area contributed by atoms with Crippen molar-refractivity contribution in [3.05, 3.63) is 41.5 Å². The molecule has 9 nitrogen and oxygen atoms in total. The number of sulfonamides is 1. The number of likely N-dealkylation sites (N-methyl/N-ethyl adjacent to an activating group) is 1. The minimum Gasteiger partial charge on any atom is -0.495 e. The van der Waals surface area contributed by atoms with Gasteiger partial charge in [0, 0.05) is 13.1 Å². The summed E-state index contributed by atoms with van der Waals surface area (Å²) in [7, 11) is -1.18. The van der Waals surface area contributed by atoms with Gasteiger partial charge in [0.2, 0.25) is 15.9 Å². The van der Waals surface area contributed by atoms with E-state index in [1.807, 2.05) is 13.0 Å². The van der Waals surface area contributed by atoms with Gasteiger partial charge in [-0.05, 0) is 49.6 Å². The van der Waals surface area contributed by atoms with Crippen molar-refractivity contribution in [2.75, 3.05) is 31.3 Å². The van der Waals surface area contributed by atoms with Crippen molar-refractivity contribution in [2.24, 2.45) is 0 Å². The average molecular weight is 462 g/mol. The maximum Gasteiger partial charge on any atom is 0.265 e. The second-order valence-corrected chi connectivity index (χ2v) is 9.64. The SMILES string of the molecule is CC[C@H]1Oc2cc(S(=O)(=O)N(C)CC(=O)Nc3cc(C)ccc3OC)c(C)cc2NC1=O. The molecule has 1 aliphatic rings. The van der Waals surface area contributed by atoms with Gasteiger partial charge in [-0.1, -0.05) is 13.0 Å². The third-order valence-corrected chi connectivity index (χ3v) is 7.10. The maximum atomic E-state index is 13.2. The molecule has 0 saturated heterocycles. The van der Waals surface area contributed by atoms with Crippen LogP contribution in [0.4, 0.5) is 11.4 Å². The number of nitrogens with one attached hydrogen (secondary N) is 2. The van der Waals surface area contributed by atoms with E-state index in [1.54, 1.807) is 32.0 Å². The molecule has 0 fully saturated rings. The Morgan fingerprint density at radius 3 is 2.62 bits per heavy atom. The Morgan fingerprint density at radius 1 is 1.25 bits per heavy atom. The van der Waals surface area contributed by atoms with Gasteiger partial charge >= 0.3 is 0 Å². The number of hydrogen-bond acceptors (Lipinski definition) is 6. The number of hydrogen-bond donors (Lipinski definition) is 2. The molecule has 1 aliphatic heterocycles. The Morgan fingerprint density at radius 2 is 1.97 bits per heavy atom.